The number of aromatic nitrogens is 1. The Kier molecular flexibility index (Phi) is 7.85. The van der Waals surface area contributed by atoms with Gasteiger partial charge < -0.3 is 0 Å². The van der Waals surface area contributed by atoms with Gasteiger partial charge in [-0.15, -0.1) is 0 Å². The summed E-state index contributed by atoms with van der Waals surface area (Å²) in [4.78, 5) is 4.73. The highest BCUT2D eigenvalue weighted by molar-refractivity contribution is 8.05. The third kappa shape index (κ3) is 6.13. The Morgan fingerprint density at radius 2 is 1.11 bits per heavy atom. The molecule has 100 valence electrons. The van der Waals surface area contributed by atoms with E-state index >= 15 is 0 Å². The van der Waals surface area contributed by atoms with E-state index in [0.29, 0.717) is 0 Å². The predicted octanol–water partition coefficient (Wildman–Crippen LogP) is 4.03. The minimum atomic E-state index is 1.06. The van der Waals surface area contributed by atoms with E-state index in [1.807, 2.05) is 23.5 Å². The Labute approximate surface area is 127 Å². The van der Waals surface area contributed by atoms with E-state index < -0.39 is 0 Å². The highest BCUT2D eigenvalue weighted by Gasteiger charge is 2.01. The molecule has 18 heavy (non-hydrogen) atoms. The number of rotatable bonds is 0. The Hall–Kier alpha value is 0.550. The summed E-state index contributed by atoms with van der Waals surface area (Å²) in [5.41, 5.74) is 2.49. The molecule has 0 aliphatic carbocycles. The molecule has 5 heteroatoms. The van der Waals surface area contributed by atoms with E-state index in [-0.39, 0.29) is 0 Å². The summed E-state index contributed by atoms with van der Waals surface area (Å²) in [5, 5.41) is 0. The van der Waals surface area contributed by atoms with Crippen LogP contribution in [-0.2, 0) is 11.5 Å². The normalized spacial score (nSPS) is 19.8. The molecule has 1 aliphatic heterocycles. The second kappa shape index (κ2) is 9.45. The van der Waals surface area contributed by atoms with Crippen molar-refractivity contribution in [3.63, 3.8) is 0 Å². The van der Waals surface area contributed by atoms with Gasteiger partial charge in [-0.1, -0.05) is 6.07 Å². The van der Waals surface area contributed by atoms with Crippen LogP contribution < -0.4 is 0 Å². The van der Waals surface area contributed by atoms with Crippen LogP contribution in [0.1, 0.15) is 11.4 Å². The molecular formula is C13H19NS4. The number of hydrogen-bond acceptors (Lipinski definition) is 5. The van der Waals surface area contributed by atoms with Crippen molar-refractivity contribution in [2.75, 3.05) is 34.5 Å². The Morgan fingerprint density at radius 1 is 0.667 bits per heavy atom. The number of pyridine rings is 1. The number of fused-ring (bicyclic) bond motifs is 2. The first kappa shape index (κ1) is 14.9. The van der Waals surface area contributed by atoms with Crippen LogP contribution >= 0.6 is 47.0 Å². The minimum absolute atomic E-state index is 1.06. The number of thioether (sulfide) groups is 4. The van der Waals surface area contributed by atoms with Gasteiger partial charge in [-0.25, -0.2) is 0 Å². The van der Waals surface area contributed by atoms with Crippen LogP contribution in [-0.4, -0.2) is 39.5 Å². The van der Waals surface area contributed by atoms with Crippen molar-refractivity contribution < 1.29 is 0 Å². The lowest BCUT2D eigenvalue weighted by molar-refractivity contribution is 1.09. The van der Waals surface area contributed by atoms with E-state index in [9.17, 15) is 0 Å². The highest BCUT2D eigenvalue weighted by Crippen LogP contribution is 2.18. The first-order chi connectivity index (χ1) is 8.95. The minimum Gasteiger partial charge on any atom is -0.256 e. The smallest absolute Gasteiger partial charge is 0.0506 e. The van der Waals surface area contributed by atoms with Crippen LogP contribution in [0.25, 0.3) is 0 Å². The fourth-order valence-electron chi connectivity index (χ4n) is 1.60. The maximum absolute atomic E-state index is 4.73. The van der Waals surface area contributed by atoms with E-state index in [0.717, 1.165) is 11.5 Å². The molecule has 0 unspecified atom stereocenters. The fourth-order valence-corrected chi connectivity index (χ4v) is 5.87. The standard InChI is InChI=1S/C13H19NS4/c1-2-12-10-17-8-6-15-4-5-16-7-9-18-11-13(3-1)14-12/h1-3H,4-11H2. The molecule has 2 rings (SSSR count). The summed E-state index contributed by atoms with van der Waals surface area (Å²) in [6.07, 6.45) is 0. The molecule has 0 atom stereocenters. The van der Waals surface area contributed by atoms with Crippen LogP contribution in [0.15, 0.2) is 18.2 Å². The fraction of sp³-hybridized carbons (Fsp3) is 0.615. The van der Waals surface area contributed by atoms with Crippen molar-refractivity contribution in [1.82, 2.24) is 4.98 Å². The first-order valence-corrected chi connectivity index (χ1v) is 10.8. The number of hydrogen-bond donors (Lipinski definition) is 0. The lowest BCUT2D eigenvalue weighted by atomic mass is 10.3. The Bertz CT molecular complexity index is 316. The number of nitrogens with zero attached hydrogens (tertiary/aromatic N) is 1. The van der Waals surface area contributed by atoms with Crippen molar-refractivity contribution in [2.24, 2.45) is 0 Å². The van der Waals surface area contributed by atoms with Crippen molar-refractivity contribution in [1.29, 1.82) is 0 Å². The van der Waals surface area contributed by atoms with Gasteiger partial charge in [0.05, 0.1) is 11.4 Å². The molecule has 0 radical (unpaired) electrons. The van der Waals surface area contributed by atoms with Crippen molar-refractivity contribution >= 4 is 47.0 Å². The van der Waals surface area contributed by atoms with Crippen molar-refractivity contribution in [2.45, 2.75) is 11.5 Å². The van der Waals surface area contributed by atoms with Gasteiger partial charge in [-0.3, -0.25) is 4.98 Å². The molecule has 1 aromatic rings. The molecule has 0 amide bonds. The predicted molar refractivity (Wildman–Crippen MR) is 91.2 cm³/mol. The maximum Gasteiger partial charge on any atom is 0.0506 e. The van der Waals surface area contributed by atoms with Gasteiger partial charge in [0, 0.05) is 46.0 Å². The molecule has 2 heterocycles. The first-order valence-electron chi connectivity index (χ1n) is 6.21. The molecule has 0 aromatic carbocycles. The lowest BCUT2D eigenvalue weighted by Crippen LogP contribution is -1.94. The summed E-state index contributed by atoms with van der Waals surface area (Å²) >= 11 is 8.20. The molecule has 2 bridgehead atoms. The molecule has 0 N–H and O–H groups in total. The van der Waals surface area contributed by atoms with Crippen LogP contribution in [0.3, 0.4) is 0 Å². The lowest BCUT2D eigenvalue weighted by Gasteiger charge is -2.04. The van der Waals surface area contributed by atoms with Gasteiger partial charge in [0.15, 0.2) is 0 Å². The molecule has 0 fully saturated rings. The SMILES string of the molecule is c1cc2nc(c1)CSCCSCCSCCSC2. The van der Waals surface area contributed by atoms with Gasteiger partial charge in [-0.2, -0.15) is 47.0 Å². The second-order valence-electron chi connectivity index (χ2n) is 3.95. The quantitative estimate of drug-likeness (QED) is 0.714. The maximum atomic E-state index is 4.73. The summed E-state index contributed by atoms with van der Waals surface area (Å²) in [5.74, 6) is 9.79. The zero-order chi connectivity index (χ0) is 12.5. The van der Waals surface area contributed by atoms with Crippen LogP contribution in [0.5, 0.6) is 0 Å². The van der Waals surface area contributed by atoms with Gasteiger partial charge >= 0.3 is 0 Å². The molecule has 1 aromatic heterocycles. The van der Waals surface area contributed by atoms with E-state index in [1.54, 1.807) is 0 Å². The summed E-state index contributed by atoms with van der Waals surface area (Å²) in [6.45, 7) is 0. The summed E-state index contributed by atoms with van der Waals surface area (Å²) < 4.78 is 0. The van der Waals surface area contributed by atoms with E-state index in [1.165, 1.54) is 45.9 Å². The average Bonchev–Trinajstić information content (AvgIpc) is 2.40. The molecule has 1 aliphatic rings. The Balaban J connectivity index is 1.87. The monoisotopic (exact) mass is 317 g/mol. The zero-order valence-electron chi connectivity index (χ0n) is 10.5. The van der Waals surface area contributed by atoms with Gasteiger partial charge in [0.1, 0.15) is 0 Å². The van der Waals surface area contributed by atoms with E-state index in [4.69, 9.17) is 4.98 Å². The van der Waals surface area contributed by atoms with Crippen LogP contribution in [0.4, 0.5) is 0 Å². The second-order valence-corrected chi connectivity index (χ2v) is 8.61. The molecule has 1 nitrogen and oxygen atoms in total. The van der Waals surface area contributed by atoms with Gasteiger partial charge in [0.25, 0.3) is 0 Å². The van der Waals surface area contributed by atoms with Gasteiger partial charge in [0.2, 0.25) is 0 Å². The zero-order valence-corrected chi connectivity index (χ0v) is 13.7. The summed E-state index contributed by atoms with van der Waals surface area (Å²) in [7, 11) is 0. The Morgan fingerprint density at radius 3 is 1.61 bits per heavy atom. The molecule has 0 saturated carbocycles. The largest absolute Gasteiger partial charge is 0.256 e. The molecule has 0 spiro atoms. The average molecular weight is 318 g/mol. The highest BCUT2D eigenvalue weighted by atomic mass is 32.2. The van der Waals surface area contributed by atoms with Crippen molar-refractivity contribution in [3.8, 4) is 0 Å². The van der Waals surface area contributed by atoms with Crippen molar-refractivity contribution in [3.05, 3.63) is 29.6 Å². The van der Waals surface area contributed by atoms with E-state index in [2.05, 4.69) is 41.7 Å². The van der Waals surface area contributed by atoms with Crippen LogP contribution in [0, 0.1) is 0 Å². The van der Waals surface area contributed by atoms with Crippen LogP contribution in [0.2, 0.25) is 0 Å². The molecule has 0 saturated heterocycles. The molecular weight excluding hydrogens is 298 g/mol. The topological polar surface area (TPSA) is 12.9 Å². The third-order valence-electron chi connectivity index (χ3n) is 2.48. The summed E-state index contributed by atoms with van der Waals surface area (Å²) in [6, 6.07) is 6.46. The third-order valence-corrected chi connectivity index (χ3v) is 7.21. The van der Waals surface area contributed by atoms with Gasteiger partial charge in [-0.05, 0) is 12.1 Å².